The molecular weight excluding hydrogens is 224 g/mol. The monoisotopic (exact) mass is 236 g/mol. The molecule has 17 heavy (non-hydrogen) atoms. The number of hydrogen-bond donors (Lipinski definition) is 1. The summed E-state index contributed by atoms with van der Waals surface area (Å²) in [5, 5.41) is 20.3. The molecule has 2 aromatic rings. The molecular formula is C9H12N6O2. The predicted octanol–water partition coefficient (Wildman–Crippen LogP) is -0.0556. The van der Waals surface area contributed by atoms with Crippen molar-refractivity contribution in [1.82, 2.24) is 29.8 Å². The average molecular weight is 236 g/mol. The minimum absolute atomic E-state index is 0.0347. The lowest BCUT2D eigenvalue weighted by Gasteiger charge is -2.04. The second kappa shape index (κ2) is 4.32. The first kappa shape index (κ1) is 11.2. The molecule has 0 saturated carbocycles. The van der Waals surface area contributed by atoms with E-state index in [1.54, 1.807) is 11.6 Å². The van der Waals surface area contributed by atoms with Crippen molar-refractivity contribution in [2.45, 2.75) is 26.9 Å². The molecule has 0 atom stereocenters. The molecule has 0 saturated heterocycles. The molecule has 0 aliphatic carbocycles. The molecule has 90 valence electrons. The van der Waals surface area contributed by atoms with Crippen molar-refractivity contribution in [3.63, 3.8) is 0 Å². The molecule has 8 nitrogen and oxygen atoms in total. The van der Waals surface area contributed by atoms with E-state index in [4.69, 9.17) is 5.11 Å². The number of aryl methyl sites for hydroxylation is 1. The van der Waals surface area contributed by atoms with Crippen LogP contribution in [0.5, 0.6) is 0 Å². The van der Waals surface area contributed by atoms with E-state index in [1.165, 1.54) is 11.0 Å². The Morgan fingerprint density at radius 3 is 2.82 bits per heavy atom. The highest BCUT2D eigenvalue weighted by molar-refractivity contribution is 5.86. The summed E-state index contributed by atoms with van der Waals surface area (Å²) in [6, 6.07) is 0. The van der Waals surface area contributed by atoms with E-state index in [0.717, 1.165) is 5.82 Å². The van der Waals surface area contributed by atoms with Crippen molar-refractivity contribution in [2.75, 3.05) is 0 Å². The summed E-state index contributed by atoms with van der Waals surface area (Å²) < 4.78 is 3.22. The molecule has 0 aromatic carbocycles. The lowest BCUT2D eigenvalue weighted by Crippen LogP contribution is -2.11. The van der Waals surface area contributed by atoms with Crippen LogP contribution >= 0.6 is 0 Å². The summed E-state index contributed by atoms with van der Waals surface area (Å²) in [6.45, 7) is 4.68. The number of carboxylic acids is 1. The zero-order valence-electron chi connectivity index (χ0n) is 9.53. The SMILES string of the molecule is CCn1ncnc1Cn1nnc(C(=O)O)c1C. The summed E-state index contributed by atoms with van der Waals surface area (Å²) in [5.41, 5.74) is 0.468. The normalized spacial score (nSPS) is 10.7. The summed E-state index contributed by atoms with van der Waals surface area (Å²) in [5.74, 6) is -0.358. The molecule has 0 spiro atoms. The van der Waals surface area contributed by atoms with Crippen LogP contribution in [0.4, 0.5) is 0 Å². The van der Waals surface area contributed by atoms with Crippen LogP contribution < -0.4 is 0 Å². The maximum absolute atomic E-state index is 10.8. The predicted molar refractivity (Wildman–Crippen MR) is 56.5 cm³/mol. The van der Waals surface area contributed by atoms with Crippen molar-refractivity contribution < 1.29 is 9.90 Å². The van der Waals surface area contributed by atoms with Gasteiger partial charge >= 0.3 is 5.97 Å². The zero-order valence-corrected chi connectivity index (χ0v) is 9.53. The first-order valence-electron chi connectivity index (χ1n) is 5.13. The first-order chi connectivity index (χ1) is 8.13. The van der Waals surface area contributed by atoms with Crippen LogP contribution in [-0.4, -0.2) is 40.8 Å². The van der Waals surface area contributed by atoms with Crippen molar-refractivity contribution in [3.8, 4) is 0 Å². The summed E-state index contributed by atoms with van der Waals surface area (Å²) in [4.78, 5) is 14.9. The van der Waals surface area contributed by atoms with Crippen LogP contribution in [0.15, 0.2) is 6.33 Å². The molecule has 0 fully saturated rings. The highest BCUT2D eigenvalue weighted by Gasteiger charge is 2.16. The van der Waals surface area contributed by atoms with Crippen LogP contribution in [0.2, 0.25) is 0 Å². The minimum Gasteiger partial charge on any atom is -0.476 e. The molecule has 0 unspecified atom stereocenters. The molecule has 2 heterocycles. The third-order valence-electron chi connectivity index (χ3n) is 2.47. The Hall–Kier alpha value is -2.25. The van der Waals surface area contributed by atoms with Gasteiger partial charge in [-0.2, -0.15) is 5.10 Å². The smallest absolute Gasteiger partial charge is 0.358 e. The topological polar surface area (TPSA) is 98.7 Å². The van der Waals surface area contributed by atoms with Gasteiger partial charge in [-0.15, -0.1) is 5.10 Å². The number of carbonyl (C=O) groups is 1. The van der Waals surface area contributed by atoms with E-state index in [1.807, 2.05) is 6.92 Å². The van der Waals surface area contributed by atoms with Gasteiger partial charge in [0.2, 0.25) is 0 Å². The number of aromatic nitrogens is 6. The Morgan fingerprint density at radius 2 is 2.24 bits per heavy atom. The van der Waals surface area contributed by atoms with E-state index in [0.29, 0.717) is 18.8 Å². The number of carboxylic acid groups (broad SMARTS) is 1. The minimum atomic E-state index is -1.08. The van der Waals surface area contributed by atoms with Crippen LogP contribution in [-0.2, 0) is 13.1 Å². The average Bonchev–Trinajstić information content (AvgIpc) is 2.87. The molecule has 0 bridgehead atoms. The van der Waals surface area contributed by atoms with Gasteiger partial charge in [0.05, 0.1) is 5.69 Å². The molecule has 2 rings (SSSR count). The van der Waals surface area contributed by atoms with Crippen molar-refractivity contribution >= 4 is 5.97 Å². The van der Waals surface area contributed by atoms with E-state index >= 15 is 0 Å². The van der Waals surface area contributed by atoms with Crippen LogP contribution in [0.1, 0.15) is 28.9 Å². The maximum atomic E-state index is 10.8. The largest absolute Gasteiger partial charge is 0.476 e. The number of rotatable bonds is 4. The van der Waals surface area contributed by atoms with Gasteiger partial charge in [-0.25, -0.2) is 19.1 Å². The van der Waals surface area contributed by atoms with E-state index < -0.39 is 5.97 Å². The van der Waals surface area contributed by atoms with Crippen molar-refractivity contribution in [3.05, 3.63) is 23.5 Å². The van der Waals surface area contributed by atoms with Gasteiger partial charge in [0.1, 0.15) is 18.7 Å². The molecule has 2 aromatic heterocycles. The summed E-state index contributed by atoms with van der Waals surface area (Å²) >= 11 is 0. The third-order valence-corrected chi connectivity index (χ3v) is 2.47. The zero-order chi connectivity index (χ0) is 12.4. The molecule has 0 aliphatic rings. The summed E-state index contributed by atoms with van der Waals surface area (Å²) in [7, 11) is 0. The number of nitrogens with zero attached hydrogens (tertiary/aromatic N) is 6. The van der Waals surface area contributed by atoms with Gasteiger partial charge in [0.25, 0.3) is 0 Å². The Labute approximate surface area is 96.9 Å². The first-order valence-corrected chi connectivity index (χ1v) is 5.13. The third kappa shape index (κ3) is 2.01. The van der Waals surface area contributed by atoms with Gasteiger partial charge < -0.3 is 5.11 Å². The molecule has 0 aliphatic heterocycles. The Kier molecular flexibility index (Phi) is 2.86. The number of hydrogen-bond acceptors (Lipinski definition) is 5. The molecule has 0 radical (unpaired) electrons. The van der Waals surface area contributed by atoms with E-state index in [9.17, 15) is 4.79 Å². The van der Waals surface area contributed by atoms with Gasteiger partial charge in [0.15, 0.2) is 5.69 Å². The Balaban J connectivity index is 2.28. The maximum Gasteiger partial charge on any atom is 0.358 e. The lowest BCUT2D eigenvalue weighted by molar-refractivity contribution is 0.0689. The van der Waals surface area contributed by atoms with Gasteiger partial charge in [-0.3, -0.25) is 0 Å². The van der Waals surface area contributed by atoms with Gasteiger partial charge in [-0.05, 0) is 13.8 Å². The van der Waals surface area contributed by atoms with E-state index in [2.05, 4.69) is 20.4 Å². The van der Waals surface area contributed by atoms with E-state index in [-0.39, 0.29) is 5.69 Å². The molecule has 0 amide bonds. The van der Waals surface area contributed by atoms with Crippen molar-refractivity contribution in [2.24, 2.45) is 0 Å². The Morgan fingerprint density at radius 1 is 1.47 bits per heavy atom. The fourth-order valence-corrected chi connectivity index (χ4v) is 1.52. The van der Waals surface area contributed by atoms with Gasteiger partial charge in [0, 0.05) is 6.54 Å². The molecule has 1 N–H and O–H groups in total. The standard InChI is InChI=1S/C9H12N6O2/c1-3-14-7(10-5-11-14)4-15-6(2)8(9(16)17)12-13-15/h5H,3-4H2,1-2H3,(H,16,17). The number of aromatic carboxylic acids is 1. The second-order valence-corrected chi connectivity index (χ2v) is 3.48. The quantitative estimate of drug-likeness (QED) is 0.798. The fraction of sp³-hybridized carbons (Fsp3) is 0.444. The van der Waals surface area contributed by atoms with Gasteiger partial charge in [-0.1, -0.05) is 5.21 Å². The van der Waals surface area contributed by atoms with Crippen LogP contribution in [0.25, 0.3) is 0 Å². The fourth-order valence-electron chi connectivity index (χ4n) is 1.52. The van der Waals surface area contributed by atoms with Crippen LogP contribution in [0.3, 0.4) is 0 Å². The highest BCUT2D eigenvalue weighted by atomic mass is 16.4. The molecule has 8 heteroatoms. The summed E-state index contributed by atoms with van der Waals surface area (Å²) in [6.07, 6.45) is 1.46. The Bertz CT molecular complexity index is 543. The second-order valence-electron chi connectivity index (χ2n) is 3.48. The van der Waals surface area contributed by atoms with Crippen LogP contribution in [0, 0.1) is 6.92 Å². The highest BCUT2D eigenvalue weighted by Crippen LogP contribution is 2.06. The lowest BCUT2D eigenvalue weighted by atomic mass is 10.3. The van der Waals surface area contributed by atoms with Crippen molar-refractivity contribution in [1.29, 1.82) is 0 Å².